The Hall–Kier alpha value is -1.05. The van der Waals surface area contributed by atoms with Crippen LogP contribution in [0.25, 0.3) is 0 Å². The smallest absolute Gasteiger partial charge is 0.243 e. The first-order valence-corrected chi connectivity index (χ1v) is 7.47. The van der Waals surface area contributed by atoms with Crippen LogP contribution < -0.4 is 5.32 Å². The predicted molar refractivity (Wildman–Crippen MR) is 67.2 cm³/mol. The van der Waals surface area contributed by atoms with E-state index < -0.39 is 21.7 Å². The molecule has 1 fully saturated rings. The minimum Gasteiger partial charge on any atom is -0.314 e. The molecule has 1 aliphatic heterocycles. The Morgan fingerprint density at radius 1 is 1.16 bits per heavy atom. The fourth-order valence-electron chi connectivity index (χ4n) is 2.35. The molecule has 1 N–H and O–H groups in total. The molecule has 1 aliphatic rings. The summed E-state index contributed by atoms with van der Waals surface area (Å²) in [4.78, 5) is -0.216. The van der Waals surface area contributed by atoms with Crippen LogP contribution in [-0.2, 0) is 10.0 Å². The summed E-state index contributed by atoms with van der Waals surface area (Å²) in [5.41, 5.74) is 0. The third-order valence-electron chi connectivity index (χ3n) is 3.21. The molecule has 19 heavy (non-hydrogen) atoms. The number of halogens is 2. The van der Waals surface area contributed by atoms with Gasteiger partial charge in [-0.2, -0.15) is 4.31 Å². The van der Waals surface area contributed by atoms with E-state index in [2.05, 4.69) is 5.32 Å². The first kappa shape index (κ1) is 14.4. The molecule has 4 nitrogen and oxygen atoms in total. The summed E-state index contributed by atoms with van der Waals surface area (Å²) in [6.07, 6.45) is 0. The molecular formula is C12H16F2N2O2S. The number of nitrogens with one attached hydrogen (secondary N) is 1. The lowest BCUT2D eigenvalue weighted by Crippen LogP contribution is -2.57. The van der Waals surface area contributed by atoms with Gasteiger partial charge in [0.2, 0.25) is 10.0 Å². The van der Waals surface area contributed by atoms with Gasteiger partial charge in [0.25, 0.3) is 0 Å². The molecule has 1 saturated heterocycles. The Labute approximate surface area is 111 Å². The summed E-state index contributed by atoms with van der Waals surface area (Å²) >= 11 is 0. The predicted octanol–water partition coefficient (Wildman–Crippen LogP) is 1.34. The number of hydrogen-bond acceptors (Lipinski definition) is 3. The number of sulfonamides is 1. The molecule has 0 aliphatic carbocycles. The van der Waals surface area contributed by atoms with Crippen molar-refractivity contribution in [2.45, 2.75) is 30.8 Å². The minimum atomic E-state index is -3.81. The van der Waals surface area contributed by atoms with Gasteiger partial charge in [-0.3, -0.25) is 0 Å². The summed E-state index contributed by atoms with van der Waals surface area (Å²) < 4.78 is 52.4. The van der Waals surface area contributed by atoms with Gasteiger partial charge in [0.1, 0.15) is 0 Å². The standard InChI is InChI=1S/C12H16F2N2O2S/c1-8-6-15-7-9(2)16(8)19(17,18)10-3-4-11(13)12(14)5-10/h3-5,8-9,15H,6-7H2,1-2H3. The van der Waals surface area contributed by atoms with E-state index in [1.807, 2.05) is 0 Å². The van der Waals surface area contributed by atoms with E-state index >= 15 is 0 Å². The van der Waals surface area contributed by atoms with Crippen LogP contribution in [0.15, 0.2) is 23.1 Å². The summed E-state index contributed by atoms with van der Waals surface area (Å²) in [6.45, 7) is 4.63. The lowest BCUT2D eigenvalue weighted by molar-refractivity contribution is 0.220. The summed E-state index contributed by atoms with van der Waals surface area (Å²) in [7, 11) is -3.81. The average Bonchev–Trinajstić information content (AvgIpc) is 2.32. The van der Waals surface area contributed by atoms with Crippen molar-refractivity contribution in [3.05, 3.63) is 29.8 Å². The monoisotopic (exact) mass is 290 g/mol. The summed E-state index contributed by atoms with van der Waals surface area (Å²) in [6, 6.07) is 2.19. The maximum Gasteiger partial charge on any atom is 0.243 e. The van der Waals surface area contributed by atoms with E-state index in [1.165, 1.54) is 4.31 Å². The van der Waals surface area contributed by atoms with Crippen molar-refractivity contribution in [1.82, 2.24) is 9.62 Å². The molecular weight excluding hydrogens is 274 g/mol. The molecule has 1 aromatic carbocycles. The van der Waals surface area contributed by atoms with E-state index in [0.29, 0.717) is 13.1 Å². The Bertz CT molecular complexity index is 567. The van der Waals surface area contributed by atoms with Gasteiger partial charge in [0, 0.05) is 25.2 Å². The molecule has 0 aromatic heterocycles. The molecule has 106 valence electrons. The Balaban J connectivity index is 2.43. The van der Waals surface area contributed by atoms with Gasteiger partial charge in [-0.15, -0.1) is 0 Å². The zero-order chi connectivity index (χ0) is 14.2. The van der Waals surface area contributed by atoms with Crippen molar-refractivity contribution in [2.75, 3.05) is 13.1 Å². The second-order valence-electron chi connectivity index (χ2n) is 4.77. The molecule has 2 atom stereocenters. The summed E-state index contributed by atoms with van der Waals surface area (Å²) in [5, 5.41) is 3.12. The van der Waals surface area contributed by atoms with Crippen molar-refractivity contribution in [3.8, 4) is 0 Å². The van der Waals surface area contributed by atoms with Crippen molar-refractivity contribution in [2.24, 2.45) is 0 Å². The van der Waals surface area contributed by atoms with Gasteiger partial charge in [-0.25, -0.2) is 17.2 Å². The number of benzene rings is 1. The van der Waals surface area contributed by atoms with Crippen molar-refractivity contribution >= 4 is 10.0 Å². The van der Waals surface area contributed by atoms with Gasteiger partial charge in [-0.1, -0.05) is 0 Å². The van der Waals surface area contributed by atoms with E-state index in [9.17, 15) is 17.2 Å². The molecule has 0 saturated carbocycles. The van der Waals surface area contributed by atoms with Crippen LogP contribution in [0, 0.1) is 11.6 Å². The quantitative estimate of drug-likeness (QED) is 0.894. The van der Waals surface area contributed by atoms with Crippen LogP contribution in [0.2, 0.25) is 0 Å². The Morgan fingerprint density at radius 2 is 1.74 bits per heavy atom. The normalized spacial score (nSPS) is 25.5. The number of hydrogen-bond donors (Lipinski definition) is 1. The van der Waals surface area contributed by atoms with Crippen LogP contribution in [0.3, 0.4) is 0 Å². The van der Waals surface area contributed by atoms with Crippen molar-refractivity contribution < 1.29 is 17.2 Å². The zero-order valence-electron chi connectivity index (χ0n) is 10.7. The number of piperazine rings is 1. The molecule has 2 rings (SSSR count). The maximum atomic E-state index is 13.2. The molecule has 0 spiro atoms. The topological polar surface area (TPSA) is 49.4 Å². The molecule has 7 heteroatoms. The second-order valence-corrected chi connectivity index (χ2v) is 6.61. The lowest BCUT2D eigenvalue weighted by atomic mass is 10.2. The van der Waals surface area contributed by atoms with E-state index in [-0.39, 0.29) is 17.0 Å². The van der Waals surface area contributed by atoms with E-state index in [0.717, 1.165) is 18.2 Å². The van der Waals surface area contributed by atoms with E-state index in [1.54, 1.807) is 13.8 Å². The third kappa shape index (κ3) is 2.63. The van der Waals surface area contributed by atoms with Crippen LogP contribution in [-0.4, -0.2) is 37.9 Å². The van der Waals surface area contributed by atoms with Crippen LogP contribution in [0.4, 0.5) is 8.78 Å². The highest BCUT2D eigenvalue weighted by molar-refractivity contribution is 7.89. The summed E-state index contributed by atoms with van der Waals surface area (Å²) in [5.74, 6) is -2.21. The third-order valence-corrected chi connectivity index (χ3v) is 5.34. The van der Waals surface area contributed by atoms with Gasteiger partial charge < -0.3 is 5.32 Å². The zero-order valence-corrected chi connectivity index (χ0v) is 11.5. The molecule has 1 aromatic rings. The highest BCUT2D eigenvalue weighted by Gasteiger charge is 2.35. The molecule has 1 heterocycles. The van der Waals surface area contributed by atoms with Gasteiger partial charge in [0.05, 0.1) is 4.90 Å². The average molecular weight is 290 g/mol. The molecule has 0 radical (unpaired) electrons. The highest BCUT2D eigenvalue weighted by atomic mass is 32.2. The molecule has 0 bridgehead atoms. The van der Waals surface area contributed by atoms with Gasteiger partial charge in [0.15, 0.2) is 11.6 Å². The lowest BCUT2D eigenvalue weighted by Gasteiger charge is -2.38. The van der Waals surface area contributed by atoms with Crippen LogP contribution in [0.5, 0.6) is 0 Å². The second kappa shape index (κ2) is 5.15. The molecule has 0 amide bonds. The maximum absolute atomic E-state index is 13.2. The van der Waals surface area contributed by atoms with Gasteiger partial charge in [-0.05, 0) is 32.0 Å². The first-order chi connectivity index (χ1) is 8.84. The number of rotatable bonds is 2. The Kier molecular flexibility index (Phi) is 3.89. The number of nitrogens with zero attached hydrogens (tertiary/aromatic N) is 1. The minimum absolute atomic E-state index is 0.216. The fourth-order valence-corrected chi connectivity index (χ4v) is 4.18. The van der Waals surface area contributed by atoms with Crippen molar-refractivity contribution in [1.29, 1.82) is 0 Å². The van der Waals surface area contributed by atoms with Crippen LogP contribution in [0.1, 0.15) is 13.8 Å². The highest BCUT2D eigenvalue weighted by Crippen LogP contribution is 2.23. The molecule has 2 unspecified atom stereocenters. The Morgan fingerprint density at radius 3 is 2.26 bits per heavy atom. The van der Waals surface area contributed by atoms with Crippen LogP contribution >= 0.6 is 0 Å². The van der Waals surface area contributed by atoms with E-state index in [4.69, 9.17) is 0 Å². The fraction of sp³-hybridized carbons (Fsp3) is 0.500. The largest absolute Gasteiger partial charge is 0.314 e. The van der Waals surface area contributed by atoms with Crippen molar-refractivity contribution in [3.63, 3.8) is 0 Å². The SMILES string of the molecule is CC1CNCC(C)N1S(=O)(=O)c1ccc(F)c(F)c1. The first-order valence-electron chi connectivity index (χ1n) is 6.03. The van der Waals surface area contributed by atoms with Gasteiger partial charge >= 0.3 is 0 Å².